The molecule has 0 unspecified atom stereocenters. The van der Waals surface area contributed by atoms with Gasteiger partial charge in [-0.1, -0.05) is 6.92 Å². The molecule has 0 fully saturated rings. The van der Waals surface area contributed by atoms with Gasteiger partial charge in [0.05, 0.1) is 12.6 Å². The van der Waals surface area contributed by atoms with Gasteiger partial charge in [-0.25, -0.2) is 0 Å². The van der Waals surface area contributed by atoms with Gasteiger partial charge in [-0.15, -0.1) is 0 Å². The fourth-order valence-corrected chi connectivity index (χ4v) is 4.97. The number of benzene rings is 4. The Morgan fingerprint density at radius 3 is 1.44 bits per heavy atom. The lowest BCUT2D eigenvalue weighted by Crippen LogP contribution is -2.38. The molecule has 2 heterocycles. The maximum absolute atomic E-state index is 11.8. The fourth-order valence-electron chi connectivity index (χ4n) is 4.97. The number of rotatable bonds is 10. The number of nitrogens with one attached hydrogen (secondary N) is 4. The largest absolute Gasteiger partial charge is 0.457 e. The summed E-state index contributed by atoms with van der Waals surface area (Å²) in [5.74, 6) is 2.25. The second kappa shape index (κ2) is 16.1. The van der Waals surface area contributed by atoms with Crippen LogP contribution in [0.3, 0.4) is 0 Å². The standard InChI is InChI=1S/C19H19N5O2.C18H17N5O3/c1-2-16(21)19(25)23-11-3-5-12(6-4-11)26-13-7-8-17-14(9-13)15(10-20)18(22)24-17;19-8-14-13-7-12(5-6-16(13)23-17(14)21)26-11-3-1-10(2-4-11)22-18(25)15(20)9-24/h3-9,16,24H,2,21-22H2,1H3,(H,23,25);1-7,15,23-24H,9,20-21H2,(H,22,25)/t16-;15-/m00/s1. The first-order chi connectivity index (χ1) is 25.0. The van der Waals surface area contributed by atoms with Crippen LogP contribution < -0.4 is 43.0 Å². The van der Waals surface area contributed by atoms with Gasteiger partial charge in [0.1, 0.15) is 63.9 Å². The van der Waals surface area contributed by atoms with Crippen molar-refractivity contribution in [3.8, 4) is 35.1 Å². The van der Waals surface area contributed by atoms with Gasteiger partial charge in [0.15, 0.2) is 0 Å². The van der Waals surface area contributed by atoms with Crippen molar-refractivity contribution in [3.63, 3.8) is 0 Å². The van der Waals surface area contributed by atoms with Gasteiger partial charge in [-0.3, -0.25) is 9.59 Å². The summed E-state index contributed by atoms with van der Waals surface area (Å²) in [7, 11) is 0. The van der Waals surface area contributed by atoms with Gasteiger partial charge in [-0.2, -0.15) is 10.5 Å². The number of hydrogen-bond donors (Lipinski definition) is 9. The van der Waals surface area contributed by atoms with E-state index in [4.69, 9.17) is 37.5 Å². The molecule has 52 heavy (non-hydrogen) atoms. The molecule has 0 aliphatic heterocycles. The van der Waals surface area contributed by atoms with Gasteiger partial charge in [0.25, 0.3) is 0 Å². The first kappa shape index (κ1) is 36.2. The molecular weight excluding hydrogens is 664 g/mol. The lowest BCUT2D eigenvalue weighted by Gasteiger charge is -2.11. The quantitative estimate of drug-likeness (QED) is 0.0939. The van der Waals surface area contributed by atoms with Crippen LogP contribution in [0.2, 0.25) is 0 Å². The van der Waals surface area contributed by atoms with E-state index in [0.29, 0.717) is 74.3 Å². The highest BCUT2D eigenvalue weighted by Gasteiger charge is 2.14. The SMILES string of the molecule is CC[C@H](N)C(=O)Nc1ccc(Oc2ccc3[nH]c(N)c(C#N)c3c2)cc1.N#Cc1c(N)[nH]c2ccc(Oc3ccc(NC(=O)[C@@H](N)CO)cc3)cc12. The number of fused-ring (bicyclic) bond motifs is 2. The molecule has 0 saturated heterocycles. The molecule has 264 valence electrons. The Morgan fingerprint density at radius 2 is 1.08 bits per heavy atom. The van der Waals surface area contributed by atoms with Crippen molar-refractivity contribution in [2.75, 3.05) is 28.7 Å². The summed E-state index contributed by atoms with van der Waals surface area (Å²) in [6.07, 6.45) is 0.573. The molecule has 6 rings (SSSR count). The topological polar surface area (TPSA) is 280 Å². The number of aliphatic hydroxyl groups excluding tert-OH is 1. The summed E-state index contributed by atoms with van der Waals surface area (Å²) in [6, 6.07) is 26.9. The lowest BCUT2D eigenvalue weighted by molar-refractivity contribution is -0.118. The number of aliphatic hydroxyl groups is 1. The predicted molar refractivity (Wildman–Crippen MR) is 198 cm³/mol. The third-order valence-electron chi connectivity index (χ3n) is 7.85. The van der Waals surface area contributed by atoms with E-state index in [0.717, 1.165) is 11.0 Å². The first-order valence-corrected chi connectivity index (χ1v) is 16.0. The van der Waals surface area contributed by atoms with E-state index in [1.807, 2.05) is 13.0 Å². The maximum Gasteiger partial charge on any atom is 0.243 e. The molecule has 4 aromatic carbocycles. The predicted octanol–water partition coefficient (Wildman–Crippen LogP) is 4.76. The van der Waals surface area contributed by atoms with E-state index in [2.05, 4.69) is 32.7 Å². The Morgan fingerprint density at radius 1 is 0.692 bits per heavy atom. The van der Waals surface area contributed by atoms with Crippen molar-refractivity contribution < 1.29 is 24.2 Å². The minimum absolute atomic E-state index is 0.222. The van der Waals surface area contributed by atoms with E-state index < -0.39 is 24.6 Å². The van der Waals surface area contributed by atoms with Crippen molar-refractivity contribution in [2.24, 2.45) is 11.5 Å². The van der Waals surface area contributed by atoms with Crippen LogP contribution in [0.5, 0.6) is 23.0 Å². The zero-order valence-electron chi connectivity index (χ0n) is 27.9. The lowest BCUT2D eigenvalue weighted by atomic mass is 10.1. The molecule has 0 saturated carbocycles. The number of anilines is 4. The molecule has 15 heteroatoms. The number of amides is 2. The number of carbonyl (C=O) groups is 2. The number of nitrogens with zero attached hydrogens (tertiary/aromatic N) is 2. The molecule has 0 bridgehead atoms. The molecule has 2 atom stereocenters. The molecule has 0 spiro atoms. The number of aromatic nitrogens is 2. The number of aromatic amines is 2. The van der Waals surface area contributed by atoms with Crippen molar-refractivity contribution in [3.05, 3.63) is 96.1 Å². The molecule has 0 aliphatic rings. The van der Waals surface area contributed by atoms with Crippen LogP contribution in [0.4, 0.5) is 23.0 Å². The third kappa shape index (κ3) is 8.39. The number of nitrogens with two attached hydrogens (primary N) is 4. The van der Waals surface area contributed by atoms with Crippen molar-refractivity contribution in [1.82, 2.24) is 9.97 Å². The maximum atomic E-state index is 11.8. The Hall–Kier alpha value is -7.04. The van der Waals surface area contributed by atoms with Crippen LogP contribution in [-0.2, 0) is 9.59 Å². The minimum atomic E-state index is -0.972. The molecule has 2 aromatic heterocycles. The highest BCUT2D eigenvalue weighted by atomic mass is 16.5. The summed E-state index contributed by atoms with van der Waals surface area (Å²) < 4.78 is 11.6. The van der Waals surface area contributed by atoms with Crippen molar-refractivity contribution in [1.29, 1.82) is 10.5 Å². The number of ether oxygens (including phenoxy) is 2. The smallest absolute Gasteiger partial charge is 0.243 e. The Kier molecular flexibility index (Phi) is 11.2. The van der Waals surface area contributed by atoms with Crippen molar-refractivity contribution in [2.45, 2.75) is 25.4 Å². The average molecular weight is 701 g/mol. The number of H-pyrrole nitrogens is 2. The fraction of sp³-hybridized carbons (Fsp3) is 0.135. The molecule has 0 radical (unpaired) electrons. The molecule has 6 aromatic rings. The van der Waals surface area contributed by atoms with Crippen LogP contribution in [0, 0.1) is 22.7 Å². The van der Waals surface area contributed by atoms with Gasteiger partial charge in [0.2, 0.25) is 11.8 Å². The number of nitrogen functional groups attached to an aromatic ring is 2. The second-order valence-corrected chi connectivity index (χ2v) is 11.5. The van der Waals surface area contributed by atoms with E-state index in [9.17, 15) is 20.1 Å². The molecule has 15 nitrogen and oxygen atoms in total. The molecular formula is C37H36N10O5. The van der Waals surface area contributed by atoms with Gasteiger partial charge in [0, 0.05) is 33.2 Å². The highest BCUT2D eigenvalue weighted by Crippen LogP contribution is 2.32. The summed E-state index contributed by atoms with van der Waals surface area (Å²) in [5.41, 5.74) is 26.2. The van der Waals surface area contributed by atoms with Crippen molar-refractivity contribution >= 4 is 56.6 Å². The van der Waals surface area contributed by atoms with Crippen LogP contribution in [0.1, 0.15) is 24.5 Å². The highest BCUT2D eigenvalue weighted by molar-refractivity contribution is 5.96. The van der Waals surface area contributed by atoms with Gasteiger partial charge >= 0.3 is 0 Å². The van der Waals surface area contributed by atoms with Gasteiger partial charge < -0.3 is 58.1 Å². The summed E-state index contributed by atoms with van der Waals surface area (Å²) in [4.78, 5) is 29.3. The monoisotopic (exact) mass is 700 g/mol. The molecule has 0 aliphatic carbocycles. The number of hydrogen-bond acceptors (Lipinski definition) is 11. The number of carbonyl (C=O) groups excluding carboxylic acids is 2. The number of nitriles is 2. The summed E-state index contributed by atoms with van der Waals surface area (Å²) >= 11 is 0. The normalized spacial score (nSPS) is 11.7. The van der Waals surface area contributed by atoms with E-state index >= 15 is 0 Å². The zero-order chi connectivity index (χ0) is 37.4. The minimum Gasteiger partial charge on any atom is -0.457 e. The van der Waals surface area contributed by atoms with Crippen LogP contribution in [-0.4, -0.2) is 45.6 Å². The van der Waals surface area contributed by atoms with Gasteiger partial charge in [-0.05, 0) is 91.3 Å². The first-order valence-electron chi connectivity index (χ1n) is 16.0. The molecule has 2 amide bonds. The van der Waals surface area contributed by atoms with Crippen LogP contribution >= 0.6 is 0 Å². The second-order valence-electron chi connectivity index (χ2n) is 11.5. The molecule has 13 N–H and O–H groups in total. The van der Waals surface area contributed by atoms with E-state index in [1.54, 1.807) is 78.9 Å². The Labute approximate surface area is 297 Å². The van der Waals surface area contributed by atoms with Crippen LogP contribution in [0.25, 0.3) is 21.8 Å². The Bertz CT molecular complexity index is 2140. The Balaban J connectivity index is 0.000000201. The van der Waals surface area contributed by atoms with Crippen LogP contribution in [0.15, 0.2) is 84.9 Å². The van der Waals surface area contributed by atoms with E-state index in [1.165, 1.54) is 0 Å². The third-order valence-corrected chi connectivity index (χ3v) is 7.85. The zero-order valence-corrected chi connectivity index (χ0v) is 27.9. The summed E-state index contributed by atoms with van der Waals surface area (Å²) in [6.45, 7) is 1.43. The average Bonchev–Trinajstić information content (AvgIpc) is 3.65. The van der Waals surface area contributed by atoms with E-state index in [-0.39, 0.29) is 5.91 Å². The summed E-state index contributed by atoms with van der Waals surface area (Å²) in [5, 5.41) is 34.0.